The van der Waals surface area contributed by atoms with Gasteiger partial charge in [0.1, 0.15) is 0 Å². The second-order valence-corrected chi connectivity index (χ2v) is 7.12. The van der Waals surface area contributed by atoms with Gasteiger partial charge in [-0.2, -0.15) is 0 Å². The number of hydrogen-bond donors (Lipinski definition) is 1. The third-order valence-electron chi connectivity index (χ3n) is 4.28. The average molecular weight is 347 g/mol. The molecule has 1 aliphatic carbocycles. The Balaban J connectivity index is 1.56. The zero-order chi connectivity index (χ0) is 17.1. The fourth-order valence-corrected chi connectivity index (χ4v) is 3.81. The van der Waals surface area contributed by atoms with E-state index in [9.17, 15) is 9.59 Å². The number of ether oxygens (including phenoxy) is 1. The molecule has 5 nitrogen and oxygen atoms in total. The maximum atomic E-state index is 12.4. The van der Waals surface area contributed by atoms with Gasteiger partial charge in [-0.15, -0.1) is 11.3 Å². The molecule has 0 spiro atoms. The SMILES string of the molecule is CCOC(=O)C1CC(Cc2ccoc2C(=O)Nc2cc(C)cs2)C1. The molecule has 1 amide bonds. The number of aryl methyl sites for hydroxylation is 1. The van der Waals surface area contributed by atoms with E-state index in [2.05, 4.69) is 5.32 Å². The summed E-state index contributed by atoms with van der Waals surface area (Å²) in [5.41, 5.74) is 2.02. The van der Waals surface area contributed by atoms with Gasteiger partial charge in [-0.05, 0) is 62.1 Å². The summed E-state index contributed by atoms with van der Waals surface area (Å²) in [6.45, 7) is 4.23. The number of thiophene rings is 1. The van der Waals surface area contributed by atoms with Crippen LogP contribution in [0.15, 0.2) is 28.2 Å². The maximum Gasteiger partial charge on any atom is 0.308 e. The lowest BCUT2D eigenvalue weighted by Crippen LogP contribution is -2.33. The average Bonchev–Trinajstić information content (AvgIpc) is 3.11. The van der Waals surface area contributed by atoms with Crippen molar-refractivity contribution in [3.63, 3.8) is 0 Å². The Morgan fingerprint density at radius 2 is 2.21 bits per heavy atom. The minimum absolute atomic E-state index is 0.00761. The highest BCUT2D eigenvalue weighted by Crippen LogP contribution is 2.37. The lowest BCUT2D eigenvalue weighted by Gasteiger charge is -2.33. The first kappa shape index (κ1) is 16.8. The Kier molecular flexibility index (Phi) is 5.04. The van der Waals surface area contributed by atoms with Crippen LogP contribution in [-0.4, -0.2) is 18.5 Å². The van der Waals surface area contributed by atoms with E-state index >= 15 is 0 Å². The van der Waals surface area contributed by atoms with Crippen LogP contribution in [0.25, 0.3) is 0 Å². The predicted molar refractivity (Wildman–Crippen MR) is 92.3 cm³/mol. The van der Waals surface area contributed by atoms with E-state index in [0.29, 0.717) is 18.3 Å². The molecule has 2 aromatic heterocycles. The zero-order valence-corrected chi connectivity index (χ0v) is 14.7. The third kappa shape index (κ3) is 3.70. The molecule has 6 heteroatoms. The number of nitrogens with one attached hydrogen (secondary N) is 1. The van der Waals surface area contributed by atoms with Crippen LogP contribution in [0.2, 0.25) is 0 Å². The van der Waals surface area contributed by atoms with Crippen molar-refractivity contribution in [3.05, 3.63) is 40.7 Å². The van der Waals surface area contributed by atoms with Crippen molar-refractivity contribution >= 4 is 28.2 Å². The van der Waals surface area contributed by atoms with Crippen molar-refractivity contribution in [1.29, 1.82) is 0 Å². The Morgan fingerprint density at radius 1 is 1.42 bits per heavy atom. The molecule has 0 atom stereocenters. The van der Waals surface area contributed by atoms with Gasteiger partial charge in [0.25, 0.3) is 5.91 Å². The van der Waals surface area contributed by atoms with E-state index in [-0.39, 0.29) is 17.8 Å². The first-order chi connectivity index (χ1) is 11.6. The molecular weight excluding hydrogens is 326 g/mol. The van der Waals surface area contributed by atoms with Gasteiger partial charge < -0.3 is 14.5 Å². The highest BCUT2D eigenvalue weighted by atomic mass is 32.1. The van der Waals surface area contributed by atoms with Gasteiger partial charge in [-0.3, -0.25) is 9.59 Å². The van der Waals surface area contributed by atoms with E-state index in [4.69, 9.17) is 9.15 Å². The van der Waals surface area contributed by atoms with Crippen LogP contribution in [0.1, 0.15) is 41.4 Å². The van der Waals surface area contributed by atoms with Crippen LogP contribution in [0.5, 0.6) is 0 Å². The molecule has 0 saturated heterocycles. The molecule has 0 unspecified atom stereocenters. The fraction of sp³-hybridized carbons (Fsp3) is 0.444. The molecule has 2 heterocycles. The monoisotopic (exact) mass is 347 g/mol. The van der Waals surface area contributed by atoms with Crippen molar-refractivity contribution < 1.29 is 18.7 Å². The van der Waals surface area contributed by atoms with Crippen molar-refractivity contribution in [2.24, 2.45) is 11.8 Å². The van der Waals surface area contributed by atoms with Crippen molar-refractivity contribution in [3.8, 4) is 0 Å². The Bertz CT molecular complexity index is 727. The van der Waals surface area contributed by atoms with Crippen molar-refractivity contribution in [2.45, 2.75) is 33.1 Å². The van der Waals surface area contributed by atoms with Gasteiger partial charge in [0.15, 0.2) is 5.76 Å². The van der Waals surface area contributed by atoms with E-state index in [1.165, 1.54) is 11.3 Å². The number of carbonyl (C=O) groups is 2. The molecule has 0 radical (unpaired) electrons. The topological polar surface area (TPSA) is 68.5 Å². The molecule has 3 rings (SSSR count). The number of hydrogen-bond acceptors (Lipinski definition) is 5. The molecular formula is C18H21NO4S. The number of carbonyl (C=O) groups excluding carboxylic acids is 2. The summed E-state index contributed by atoms with van der Waals surface area (Å²) in [6.07, 6.45) is 3.93. The molecule has 0 aromatic carbocycles. The van der Waals surface area contributed by atoms with Gasteiger partial charge in [0.05, 0.1) is 23.8 Å². The summed E-state index contributed by atoms with van der Waals surface area (Å²) >= 11 is 1.49. The van der Waals surface area contributed by atoms with Crippen LogP contribution in [0.4, 0.5) is 5.00 Å². The summed E-state index contributed by atoms with van der Waals surface area (Å²) < 4.78 is 10.4. The quantitative estimate of drug-likeness (QED) is 0.801. The number of anilines is 1. The number of furan rings is 1. The molecule has 1 aliphatic rings. The zero-order valence-electron chi connectivity index (χ0n) is 13.8. The first-order valence-electron chi connectivity index (χ1n) is 8.16. The second-order valence-electron chi connectivity index (χ2n) is 6.21. The van der Waals surface area contributed by atoms with E-state index < -0.39 is 0 Å². The number of esters is 1. The maximum absolute atomic E-state index is 12.4. The Labute approximate surface area is 145 Å². The fourth-order valence-electron chi connectivity index (χ4n) is 3.03. The predicted octanol–water partition coefficient (Wildman–Crippen LogP) is 4.03. The highest BCUT2D eigenvalue weighted by Gasteiger charge is 2.36. The molecule has 1 fully saturated rings. The molecule has 24 heavy (non-hydrogen) atoms. The third-order valence-corrected chi connectivity index (χ3v) is 5.25. The number of rotatable bonds is 6. The largest absolute Gasteiger partial charge is 0.466 e. The first-order valence-corrected chi connectivity index (χ1v) is 9.04. The molecule has 2 aromatic rings. The molecule has 1 N–H and O–H groups in total. The van der Waals surface area contributed by atoms with Gasteiger partial charge in [-0.25, -0.2) is 0 Å². The van der Waals surface area contributed by atoms with E-state index in [1.807, 2.05) is 31.4 Å². The summed E-state index contributed by atoms with van der Waals surface area (Å²) in [5, 5.41) is 5.67. The normalized spacial score (nSPS) is 19.6. The van der Waals surface area contributed by atoms with Crippen LogP contribution in [0.3, 0.4) is 0 Å². The van der Waals surface area contributed by atoms with Gasteiger partial charge in [0, 0.05) is 5.56 Å². The van der Waals surface area contributed by atoms with Gasteiger partial charge in [-0.1, -0.05) is 0 Å². The van der Waals surface area contributed by atoms with Crippen molar-refractivity contribution in [1.82, 2.24) is 0 Å². The molecule has 0 aliphatic heterocycles. The molecule has 0 bridgehead atoms. The molecule has 128 valence electrons. The van der Waals surface area contributed by atoms with Crippen LogP contribution in [-0.2, 0) is 16.0 Å². The Hall–Kier alpha value is -2.08. The summed E-state index contributed by atoms with van der Waals surface area (Å²) in [4.78, 5) is 24.0. The minimum Gasteiger partial charge on any atom is -0.466 e. The van der Waals surface area contributed by atoms with Crippen molar-refractivity contribution in [2.75, 3.05) is 11.9 Å². The minimum atomic E-state index is -0.224. The molecule has 1 saturated carbocycles. The summed E-state index contributed by atoms with van der Waals surface area (Å²) in [5.74, 6) is 0.437. The van der Waals surface area contributed by atoms with E-state index in [0.717, 1.165) is 35.4 Å². The van der Waals surface area contributed by atoms with E-state index in [1.54, 1.807) is 6.26 Å². The smallest absolute Gasteiger partial charge is 0.308 e. The lowest BCUT2D eigenvalue weighted by molar-refractivity contribution is -0.152. The summed E-state index contributed by atoms with van der Waals surface area (Å²) in [7, 11) is 0. The van der Waals surface area contributed by atoms with Gasteiger partial charge in [0.2, 0.25) is 0 Å². The lowest BCUT2D eigenvalue weighted by atomic mass is 9.72. The van der Waals surface area contributed by atoms with Crippen LogP contribution < -0.4 is 5.32 Å². The second kappa shape index (κ2) is 7.21. The van der Waals surface area contributed by atoms with Crippen LogP contribution in [0, 0.1) is 18.8 Å². The van der Waals surface area contributed by atoms with Crippen LogP contribution >= 0.6 is 11.3 Å². The highest BCUT2D eigenvalue weighted by molar-refractivity contribution is 7.14. The summed E-state index contributed by atoms with van der Waals surface area (Å²) in [6, 6.07) is 3.77. The van der Waals surface area contributed by atoms with Gasteiger partial charge >= 0.3 is 5.97 Å². The number of amides is 1. The standard InChI is InChI=1S/C18H21NO4S/c1-3-22-18(21)14-8-12(9-14)7-13-4-5-23-16(13)17(20)19-15-6-11(2)10-24-15/h4-6,10,12,14H,3,7-9H2,1-2H3,(H,19,20). The Morgan fingerprint density at radius 3 is 2.88 bits per heavy atom.